The molecule has 0 fully saturated rings. The Morgan fingerprint density at radius 3 is 2.81 bits per heavy atom. The van der Waals surface area contributed by atoms with Crippen molar-refractivity contribution in [2.75, 3.05) is 12.4 Å². The number of rotatable bonds is 4. The maximum Gasteiger partial charge on any atom is 0.263 e. The van der Waals surface area contributed by atoms with Crippen LogP contribution in [0.1, 0.15) is 0 Å². The number of benzene rings is 1. The number of hydrogen-bond acceptors (Lipinski definition) is 5. The van der Waals surface area contributed by atoms with Crippen LogP contribution in [0.15, 0.2) is 45.7 Å². The van der Waals surface area contributed by atoms with E-state index in [4.69, 9.17) is 5.11 Å². The minimum atomic E-state index is -0.0412. The normalized spacial score (nSPS) is 11.1. The molecule has 3 rings (SSSR count). The van der Waals surface area contributed by atoms with Crippen molar-refractivity contribution in [3.8, 4) is 11.1 Å². The lowest BCUT2D eigenvalue weighted by Crippen LogP contribution is -2.19. The number of hydrogen-bond donors (Lipinski definition) is 1. The number of fused-ring (bicyclic) bond motifs is 1. The van der Waals surface area contributed by atoms with Crippen LogP contribution in [0.25, 0.3) is 21.3 Å². The third kappa shape index (κ3) is 2.62. The van der Waals surface area contributed by atoms with Crippen molar-refractivity contribution in [3.05, 3.63) is 46.1 Å². The van der Waals surface area contributed by atoms with Gasteiger partial charge in [-0.3, -0.25) is 9.36 Å². The summed E-state index contributed by atoms with van der Waals surface area (Å²) in [6.45, 7) is 0.0677. The van der Waals surface area contributed by atoms with Crippen LogP contribution in [-0.4, -0.2) is 27.0 Å². The predicted molar refractivity (Wildman–Crippen MR) is 88.1 cm³/mol. The lowest BCUT2D eigenvalue weighted by atomic mass is 10.1. The van der Waals surface area contributed by atoms with Crippen LogP contribution in [-0.2, 0) is 7.05 Å². The van der Waals surface area contributed by atoms with Crippen LogP contribution in [0.2, 0.25) is 0 Å². The number of nitrogens with zero attached hydrogens (tertiary/aromatic N) is 2. The molecule has 2 heterocycles. The van der Waals surface area contributed by atoms with Gasteiger partial charge in [-0.25, -0.2) is 4.98 Å². The second-order valence-corrected chi connectivity index (χ2v) is 6.45. The molecule has 0 amide bonds. The Labute approximate surface area is 130 Å². The molecular weight excluding hydrogens is 304 g/mol. The largest absolute Gasteiger partial charge is 0.396 e. The molecule has 0 radical (unpaired) electrons. The molecule has 1 aromatic carbocycles. The molecule has 0 spiro atoms. The third-order valence-corrected chi connectivity index (χ3v) is 5.06. The van der Waals surface area contributed by atoms with Crippen LogP contribution in [0.4, 0.5) is 0 Å². The third-order valence-electron chi connectivity index (χ3n) is 3.18. The van der Waals surface area contributed by atoms with Crippen molar-refractivity contribution in [1.29, 1.82) is 0 Å². The Morgan fingerprint density at radius 1 is 1.33 bits per heavy atom. The number of aliphatic hydroxyl groups excluding tert-OH is 1. The lowest BCUT2D eigenvalue weighted by Gasteiger charge is -2.07. The molecule has 0 aliphatic carbocycles. The Morgan fingerprint density at radius 2 is 2.10 bits per heavy atom. The van der Waals surface area contributed by atoms with Gasteiger partial charge in [0.1, 0.15) is 4.83 Å². The van der Waals surface area contributed by atoms with Gasteiger partial charge < -0.3 is 5.11 Å². The topological polar surface area (TPSA) is 55.1 Å². The highest BCUT2D eigenvalue weighted by Crippen LogP contribution is 2.31. The summed E-state index contributed by atoms with van der Waals surface area (Å²) in [5, 5.41) is 12.2. The summed E-state index contributed by atoms with van der Waals surface area (Å²) in [7, 11) is 1.72. The molecule has 0 saturated carbocycles. The fraction of sp³-hybridized carbons (Fsp3) is 0.200. The fourth-order valence-corrected chi connectivity index (χ4v) is 3.85. The molecule has 108 valence electrons. The van der Waals surface area contributed by atoms with Gasteiger partial charge in [-0.05, 0) is 5.56 Å². The van der Waals surface area contributed by atoms with Crippen LogP contribution in [0.3, 0.4) is 0 Å². The Balaban J connectivity index is 2.19. The zero-order valence-corrected chi connectivity index (χ0v) is 13.1. The second kappa shape index (κ2) is 6.01. The fourth-order valence-electron chi connectivity index (χ4n) is 2.15. The Kier molecular flexibility index (Phi) is 4.10. The highest BCUT2D eigenvalue weighted by molar-refractivity contribution is 7.99. The van der Waals surface area contributed by atoms with Gasteiger partial charge in [-0.2, -0.15) is 0 Å². The summed E-state index contributed by atoms with van der Waals surface area (Å²) < 4.78 is 1.56. The molecule has 0 aliphatic heterocycles. The maximum absolute atomic E-state index is 12.6. The Hall–Kier alpha value is -1.63. The van der Waals surface area contributed by atoms with E-state index in [0.717, 1.165) is 16.0 Å². The van der Waals surface area contributed by atoms with Gasteiger partial charge in [-0.1, -0.05) is 42.1 Å². The predicted octanol–water partition coefficient (Wildman–Crippen LogP) is 2.75. The van der Waals surface area contributed by atoms with Crippen molar-refractivity contribution in [2.24, 2.45) is 7.05 Å². The van der Waals surface area contributed by atoms with E-state index in [0.29, 0.717) is 16.3 Å². The Bertz CT molecular complexity index is 825. The highest BCUT2D eigenvalue weighted by atomic mass is 32.2. The van der Waals surface area contributed by atoms with Crippen LogP contribution in [0, 0.1) is 0 Å². The van der Waals surface area contributed by atoms with Gasteiger partial charge in [0.15, 0.2) is 5.16 Å². The smallest absolute Gasteiger partial charge is 0.263 e. The average Bonchev–Trinajstić information content (AvgIpc) is 2.94. The first-order valence-electron chi connectivity index (χ1n) is 6.49. The van der Waals surface area contributed by atoms with Gasteiger partial charge >= 0.3 is 0 Å². The van der Waals surface area contributed by atoms with E-state index < -0.39 is 0 Å². The van der Waals surface area contributed by atoms with E-state index in [-0.39, 0.29) is 12.2 Å². The van der Waals surface area contributed by atoms with Crippen molar-refractivity contribution < 1.29 is 5.11 Å². The summed E-state index contributed by atoms with van der Waals surface area (Å²) >= 11 is 2.87. The standard InChI is InChI=1S/C15H14N2O2S2/c1-17-14(19)12-11(10-5-3-2-4-6-10)9-21-13(12)16-15(17)20-8-7-18/h2-6,9,18H,7-8H2,1H3. The number of aliphatic hydroxyl groups is 1. The molecule has 0 aliphatic rings. The monoisotopic (exact) mass is 318 g/mol. The molecule has 4 nitrogen and oxygen atoms in total. The number of aromatic nitrogens is 2. The van der Waals surface area contributed by atoms with Crippen LogP contribution in [0.5, 0.6) is 0 Å². The molecular formula is C15H14N2O2S2. The summed E-state index contributed by atoms with van der Waals surface area (Å²) in [6.07, 6.45) is 0. The van der Waals surface area contributed by atoms with E-state index in [1.54, 1.807) is 11.6 Å². The van der Waals surface area contributed by atoms with E-state index in [9.17, 15) is 4.79 Å². The van der Waals surface area contributed by atoms with Gasteiger partial charge in [0.25, 0.3) is 5.56 Å². The summed E-state index contributed by atoms with van der Waals surface area (Å²) in [4.78, 5) is 17.9. The maximum atomic E-state index is 12.6. The summed E-state index contributed by atoms with van der Waals surface area (Å²) in [5.41, 5.74) is 1.92. The molecule has 1 N–H and O–H groups in total. The molecule has 0 saturated heterocycles. The van der Waals surface area contributed by atoms with Crippen molar-refractivity contribution in [2.45, 2.75) is 5.16 Å². The first-order chi connectivity index (χ1) is 10.2. The molecule has 6 heteroatoms. The average molecular weight is 318 g/mol. The highest BCUT2D eigenvalue weighted by Gasteiger charge is 2.15. The molecule has 0 atom stereocenters. The molecule has 3 aromatic rings. The SMILES string of the molecule is Cn1c(SCCO)nc2scc(-c3ccccc3)c2c1=O. The van der Waals surface area contributed by atoms with Crippen molar-refractivity contribution >= 4 is 33.3 Å². The summed E-state index contributed by atoms with van der Waals surface area (Å²) in [5.74, 6) is 0.530. The quantitative estimate of drug-likeness (QED) is 0.594. The molecule has 2 aromatic heterocycles. The zero-order valence-electron chi connectivity index (χ0n) is 11.4. The first kappa shape index (κ1) is 14.3. The van der Waals surface area contributed by atoms with Gasteiger partial charge in [0.05, 0.1) is 12.0 Å². The van der Waals surface area contributed by atoms with E-state index in [1.807, 2.05) is 35.7 Å². The number of thiophene rings is 1. The van der Waals surface area contributed by atoms with Gasteiger partial charge in [-0.15, -0.1) is 11.3 Å². The van der Waals surface area contributed by atoms with Gasteiger partial charge in [0.2, 0.25) is 0 Å². The van der Waals surface area contributed by atoms with Crippen molar-refractivity contribution in [1.82, 2.24) is 9.55 Å². The van der Waals surface area contributed by atoms with Crippen LogP contribution < -0.4 is 5.56 Å². The van der Waals surface area contributed by atoms with Gasteiger partial charge in [0, 0.05) is 23.7 Å². The first-order valence-corrected chi connectivity index (χ1v) is 8.36. The van der Waals surface area contributed by atoms with E-state index >= 15 is 0 Å². The lowest BCUT2D eigenvalue weighted by molar-refractivity contribution is 0.322. The number of thioether (sulfide) groups is 1. The molecule has 0 bridgehead atoms. The molecule has 0 unspecified atom stereocenters. The van der Waals surface area contributed by atoms with E-state index in [2.05, 4.69) is 4.98 Å². The molecule has 21 heavy (non-hydrogen) atoms. The van der Waals surface area contributed by atoms with Crippen LogP contribution >= 0.6 is 23.1 Å². The minimum Gasteiger partial charge on any atom is -0.396 e. The zero-order chi connectivity index (χ0) is 14.8. The van der Waals surface area contributed by atoms with E-state index in [1.165, 1.54) is 23.1 Å². The summed E-state index contributed by atoms with van der Waals surface area (Å²) in [6, 6.07) is 9.87. The minimum absolute atomic E-state index is 0.0412. The second-order valence-electron chi connectivity index (χ2n) is 4.53. The van der Waals surface area contributed by atoms with Crippen molar-refractivity contribution in [3.63, 3.8) is 0 Å².